The Morgan fingerprint density at radius 1 is 1.00 bits per heavy atom. The number of halogens is 2. The second kappa shape index (κ2) is 9.24. The van der Waals surface area contributed by atoms with Crippen LogP contribution in [0, 0.1) is 12.7 Å². The minimum atomic E-state index is -0.295. The molecule has 0 bridgehead atoms. The van der Waals surface area contributed by atoms with Crippen molar-refractivity contribution >= 4 is 28.9 Å². The van der Waals surface area contributed by atoms with Gasteiger partial charge in [0.25, 0.3) is 5.91 Å². The quantitative estimate of drug-likeness (QED) is 0.559. The van der Waals surface area contributed by atoms with Crippen LogP contribution in [0.25, 0.3) is 0 Å². The Balaban J connectivity index is 1.60. The van der Waals surface area contributed by atoms with Gasteiger partial charge in [0.1, 0.15) is 11.6 Å². The van der Waals surface area contributed by atoms with E-state index < -0.39 is 0 Å². The van der Waals surface area contributed by atoms with E-state index >= 15 is 0 Å². The number of rotatable bonds is 7. The van der Waals surface area contributed by atoms with Gasteiger partial charge in [-0.3, -0.25) is 4.79 Å². The lowest BCUT2D eigenvalue weighted by Gasteiger charge is -2.13. The predicted octanol–water partition coefficient (Wildman–Crippen LogP) is 5.42. The highest BCUT2D eigenvalue weighted by Crippen LogP contribution is 2.24. The maximum atomic E-state index is 13.0. The van der Waals surface area contributed by atoms with Crippen LogP contribution in [0.15, 0.2) is 66.7 Å². The molecule has 0 unspecified atom stereocenters. The summed E-state index contributed by atoms with van der Waals surface area (Å²) in [4.78, 5) is 12.1. The van der Waals surface area contributed by atoms with Gasteiger partial charge in [-0.05, 0) is 61.5 Å². The van der Waals surface area contributed by atoms with Crippen LogP contribution in [0.1, 0.15) is 11.1 Å². The van der Waals surface area contributed by atoms with E-state index in [4.69, 9.17) is 16.3 Å². The summed E-state index contributed by atoms with van der Waals surface area (Å²) < 4.78 is 18.7. The number of hydrogen-bond donors (Lipinski definition) is 2. The number of nitrogens with one attached hydrogen (secondary N) is 2. The second-order valence-corrected chi connectivity index (χ2v) is 6.75. The fraction of sp³-hybridized carbons (Fsp3) is 0.136. The van der Waals surface area contributed by atoms with Crippen molar-refractivity contribution in [1.29, 1.82) is 0 Å². The van der Waals surface area contributed by atoms with Crippen LogP contribution in [0.2, 0.25) is 5.02 Å². The first-order valence-corrected chi connectivity index (χ1v) is 9.14. The van der Waals surface area contributed by atoms with Gasteiger partial charge in [0.2, 0.25) is 0 Å². The van der Waals surface area contributed by atoms with Crippen molar-refractivity contribution in [2.75, 3.05) is 17.2 Å². The molecule has 0 aliphatic heterocycles. The topological polar surface area (TPSA) is 50.4 Å². The molecule has 3 rings (SSSR count). The Morgan fingerprint density at radius 3 is 2.39 bits per heavy atom. The number of anilines is 2. The average molecular weight is 399 g/mol. The number of hydrogen-bond acceptors (Lipinski definition) is 3. The van der Waals surface area contributed by atoms with E-state index in [0.29, 0.717) is 23.0 Å². The maximum Gasteiger partial charge on any atom is 0.262 e. The minimum Gasteiger partial charge on any atom is -0.483 e. The number of ether oxygens (including phenoxy) is 1. The number of carbonyl (C=O) groups is 1. The molecule has 3 aromatic carbocycles. The first kappa shape index (κ1) is 19.7. The van der Waals surface area contributed by atoms with Gasteiger partial charge in [-0.1, -0.05) is 29.3 Å². The van der Waals surface area contributed by atoms with E-state index in [0.717, 1.165) is 16.8 Å². The molecule has 0 radical (unpaired) electrons. The second-order valence-electron chi connectivity index (χ2n) is 6.32. The summed E-state index contributed by atoms with van der Waals surface area (Å²) in [6.45, 7) is 2.27. The summed E-state index contributed by atoms with van der Waals surface area (Å²) in [7, 11) is 0. The molecule has 0 atom stereocenters. The molecule has 144 valence electrons. The zero-order valence-corrected chi connectivity index (χ0v) is 16.1. The number of benzene rings is 3. The number of aryl methyl sites for hydroxylation is 1. The molecule has 28 heavy (non-hydrogen) atoms. The Labute approximate surface area is 168 Å². The van der Waals surface area contributed by atoms with E-state index in [1.165, 1.54) is 12.1 Å². The molecule has 0 aliphatic carbocycles. The van der Waals surface area contributed by atoms with Crippen molar-refractivity contribution in [3.05, 3.63) is 88.7 Å². The van der Waals surface area contributed by atoms with Crippen molar-refractivity contribution in [2.45, 2.75) is 13.5 Å². The predicted molar refractivity (Wildman–Crippen MR) is 110 cm³/mol. The van der Waals surface area contributed by atoms with E-state index in [-0.39, 0.29) is 18.3 Å². The van der Waals surface area contributed by atoms with Crippen LogP contribution in [0.4, 0.5) is 15.8 Å². The van der Waals surface area contributed by atoms with Gasteiger partial charge < -0.3 is 15.4 Å². The third-order valence-corrected chi connectivity index (χ3v) is 4.28. The third-order valence-electron chi connectivity index (χ3n) is 4.04. The largest absolute Gasteiger partial charge is 0.483 e. The van der Waals surface area contributed by atoms with E-state index in [9.17, 15) is 9.18 Å². The molecule has 2 N–H and O–H groups in total. The van der Waals surface area contributed by atoms with Gasteiger partial charge >= 0.3 is 0 Å². The van der Waals surface area contributed by atoms with Gasteiger partial charge in [-0.25, -0.2) is 4.39 Å². The molecular formula is C22H20ClFN2O2. The molecule has 0 saturated heterocycles. The molecule has 4 nitrogen and oxygen atoms in total. The average Bonchev–Trinajstić information content (AvgIpc) is 2.68. The standard InChI is InChI=1S/C22H20ClFN2O2/c1-15-2-7-20(8-3-15)26-22(27)14-28-21-11-4-17(23)12-16(21)13-25-19-9-5-18(24)6-10-19/h2-12,25H,13-14H2,1H3,(H,26,27). The van der Waals surface area contributed by atoms with Gasteiger partial charge in [-0.2, -0.15) is 0 Å². The molecule has 0 aliphatic rings. The van der Waals surface area contributed by atoms with Crippen molar-refractivity contribution < 1.29 is 13.9 Å². The first-order valence-electron chi connectivity index (χ1n) is 8.77. The van der Waals surface area contributed by atoms with Gasteiger partial charge in [0, 0.05) is 28.5 Å². The van der Waals surface area contributed by atoms with Crippen molar-refractivity contribution in [1.82, 2.24) is 0 Å². The Bertz CT molecular complexity index is 944. The van der Waals surface area contributed by atoms with Gasteiger partial charge in [-0.15, -0.1) is 0 Å². The summed E-state index contributed by atoms with van der Waals surface area (Å²) in [5, 5.41) is 6.54. The summed E-state index contributed by atoms with van der Waals surface area (Å²) >= 11 is 6.09. The van der Waals surface area contributed by atoms with Crippen molar-refractivity contribution in [3.63, 3.8) is 0 Å². The van der Waals surface area contributed by atoms with Crippen LogP contribution in [0.3, 0.4) is 0 Å². The fourth-order valence-electron chi connectivity index (χ4n) is 2.57. The van der Waals surface area contributed by atoms with Crippen LogP contribution in [-0.4, -0.2) is 12.5 Å². The van der Waals surface area contributed by atoms with Crippen molar-refractivity contribution in [3.8, 4) is 5.75 Å². The van der Waals surface area contributed by atoms with Crippen LogP contribution in [0.5, 0.6) is 5.75 Å². The van der Waals surface area contributed by atoms with E-state index in [1.54, 1.807) is 30.3 Å². The minimum absolute atomic E-state index is 0.126. The number of carbonyl (C=O) groups excluding carboxylic acids is 1. The Hall–Kier alpha value is -3.05. The molecule has 0 saturated carbocycles. The summed E-state index contributed by atoms with van der Waals surface area (Å²) in [6.07, 6.45) is 0. The van der Waals surface area contributed by atoms with Gasteiger partial charge in [0.05, 0.1) is 0 Å². The zero-order chi connectivity index (χ0) is 19.9. The fourth-order valence-corrected chi connectivity index (χ4v) is 2.76. The third kappa shape index (κ3) is 5.72. The molecule has 0 heterocycles. The van der Waals surface area contributed by atoms with Crippen LogP contribution < -0.4 is 15.4 Å². The molecular weight excluding hydrogens is 379 g/mol. The number of amides is 1. The summed E-state index contributed by atoms with van der Waals surface area (Å²) in [5.41, 5.74) is 3.40. The Morgan fingerprint density at radius 2 is 1.68 bits per heavy atom. The van der Waals surface area contributed by atoms with E-state index in [2.05, 4.69) is 10.6 Å². The summed E-state index contributed by atoms with van der Waals surface area (Å²) in [6, 6.07) is 18.8. The van der Waals surface area contributed by atoms with E-state index in [1.807, 2.05) is 31.2 Å². The normalized spacial score (nSPS) is 10.4. The molecule has 1 amide bonds. The maximum absolute atomic E-state index is 13.0. The lowest BCUT2D eigenvalue weighted by Crippen LogP contribution is -2.20. The molecule has 0 aromatic heterocycles. The molecule has 0 fully saturated rings. The molecule has 0 spiro atoms. The highest BCUT2D eigenvalue weighted by Gasteiger charge is 2.09. The van der Waals surface area contributed by atoms with Gasteiger partial charge in [0.15, 0.2) is 6.61 Å². The highest BCUT2D eigenvalue weighted by atomic mass is 35.5. The monoisotopic (exact) mass is 398 g/mol. The zero-order valence-electron chi connectivity index (χ0n) is 15.3. The summed E-state index contributed by atoms with van der Waals surface area (Å²) in [5.74, 6) is 0.00577. The lowest BCUT2D eigenvalue weighted by molar-refractivity contribution is -0.118. The Kier molecular flexibility index (Phi) is 6.50. The van der Waals surface area contributed by atoms with Crippen LogP contribution in [-0.2, 0) is 11.3 Å². The van der Waals surface area contributed by atoms with Crippen LogP contribution >= 0.6 is 11.6 Å². The highest BCUT2D eigenvalue weighted by molar-refractivity contribution is 6.30. The SMILES string of the molecule is Cc1ccc(NC(=O)COc2ccc(Cl)cc2CNc2ccc(F)cc2)cc1. The lowest BCUT2D eigenvalue weighted by atomic mass is 10.2. The first-order chi connectivity index (χ1) is 13.5. The van der Waals surface area contributed by atoms with Crippen molar-refractivity contribution in [2.24, 2.45) is 0 Å². The smallest absolute Gasteiger partial charge is 0.262 e. The molecule has 6 heteroatoms. The molecule has 3 aromatic rings.